The number of hydrogen-bond donors (Lipinski definition) is 2. The van der Waals surface area contributed by atoms with Crippen molar-refractivity contribution < 1.29 is 14.3 Å². The molecule has 0 aliphatic heterocycles. The van der Waals surface area contributed by atoms with Crippen molar-refractivity contribution in [3.05, 3.63) is 76.8 Å². The Labute approximate surface area is 206 Å². The molecule has 8 heteroatoms. The Morgan fingerprint density at radius 1 is 1.00 bits per heavy atom. The summed E-state index contributed by atoms with van der Waals surface area (Å²) in [7, 11) is 1.90. The van der Waals surface area contributed by atoms with Crippen LogP contribution in [0.5, 0.6) is 11.5 Å². The van der Waals surface area contributed by atoms with Crippen LogP contribution >= 0.6 is 11.6 Å². The van der Waals surface area contributed by atoms with Gasteiger partial charge in [0.05, 0.1) is 19.3 Å². The number of benzene rings is 2. The fourth-order valence-corrected chi connectivity index (χ4v) is 3.64. The summed E-state index contributed by atoms with van der Waals surface area (Å²) in [6.45, 7) is 7.28. The highest BCUT2D eigenvalue weighted by molar-refractivity contribution is 6.30. The molecule has 1 heterocycles. The molecule has 0 aliphatic carbocycles. The maximum atomic E-state index is 13.0. The van der Waals surface area contributed by atoms with Crippen LogP contribution < -0.4 is 20.1 Å². The zero-order valence-corrected chi connectivity index (χ0v) is 20.9. The van der Waals surface area contributed by atoms with E-state index in [4.69, 9.17) is 21.1 Å². The average Bonchev–Trinajstić information content (AvgIpc) is 3.26. The molecule has 0 fully saturated rings. The zero-order chi connectivity index (χ0) is 24.5. The fraction of sp³-hybridized carbons (Fsp3) is 0.385. The molecule has 3 rings (SSSR count). The van der Waals surface area contributed by atoms with Crippen molar-refractivity contribution in [1.82, 2.24) is 20.2 Å². The third kappa shape index (κ3) is 6.67. The number of ether oxygens (including phenoxy) is 2. The van der Waals surface area contributed by atoms with E-state index in [1.54, 1.807) is 18.3 Å². The number of nitrogens with zero attached hydrogens (tertiary/aromatic N) is 2. The predicted octanol–water partition coefficient (Wildman–Crippen LogP) is 5.80. The van der Waals surface area contributed by atoms with E-state index in [-0.39, 0.29) is 12.1 Å². The molecule has 2 atom stereocenters. The topological polar surface area (TPSA) is 77.4 Å². The van der Waals surface area contributed by atoms with Gasteiger partial charge in [0.2, 0.25) is 0 Å². The highest BCUT2D eigenvalue weighted by Gasteiger charge is 2.22. The molecular weight excluding hydrogens is 452 g/mol. The first-order chi connectivity index (χ1) is 16.4. The number of imidazole rings is 1. The minimum absolute atomic E-state index is 0.253. The van der Waals surface area contributed by atoms with E-state index in [2.05, 4.69) is 29.5 Å². The van der Waals surface area contributed by atoms with E-state index in [0.29, 0.717) is 29.7 Å². The summed E-state index contributed by atoms with van der Waals surface area (Å²) in [6.07, 6.45) is 5.37. The lowest BCUT2D eigenvalue weighted by molar-refractivity contribution is 0.235. The summed E-state index contributed by atoms with van der Waals surface area (Å²) >= 11 is 6.06. The number of hydrogen-bond acceptors (Lipinski definition) is 4. The first-order valence-corrected chi connectivity index (χ1v) is 12.0. The maximum absolute atomic E-state index is 13.0. The first-order valence-electron chi connectivity index (χ1n) is 11.6. The number of urea groups is 1. The molecular formula is C26H33ClN4O3. The molecule has 34 heavy (non-hydrogen) atoms. The Hall–Kier alpha value is -3.19. The second-order valence-electron chi connectivity index (χ2n) is 8.12. The van der Waals surface area contributed by atoms with E-state index in [1.807, 2.05) is 55.1 Å². The number of aryl methyl sites for hydroxylation is 1. The summed E-state index contributed by atoms with van der Waals surface area (Å²) < 4.78 is 13.6. The van der Waals surface area contributed by atoms with Gasteiger partial charge < -0.3 is 24.7 Å². The largest absolute Gasteiger partial charge is 0.490 e. The van der Waals surface area contributed by atoms with Crippen molar-refractivity contribution in [2.45, 2.75) is 45.7 Å². The van der Waals surface area contributed by atoms with Crippen LogP contribution in [-0.4, -0.2) is 28.8 Å². The Balaban J connectivity index is 1.75. The normalized spacial score (nSPS) is 12.6. The van der Waals surface area contributed by atoms with Gasteiger partial charge in [-0.3, -0.25) is 0 Å². The third-order valence-electron chi connectivity index (χ3n) is 5.33. The van der Waals surface area contributed by atoms with E-state index in [1.165, 1.54) is 0 Å². The summed E-state index contributed by atoms with van der Waals surface area (Å²) in [5.74, 6) is 2.12. The van der Waals surface area contributed by atoms with Gasteiger partial charge in [-0.2, -0.15) is 0 Å². The fourth-order valence-electron chi connectivity index (χ4n) is 3.51. The van der Waals surface area contributed by atoms with Gasteiger partial charge in [0.25, 0.3) is 0 Å². The summed E-state index contributed by atoms with van der Waals surface area (Å²) in [5.41, 5.74) is 1.80. The van der Waals surface area contributed by atoms with Gasteiger partial charge in [0, 0.05) is 24.5 Å². The lowest BCUT2D eigenvalue weighted by Crippen LogP contribution is -2.40. The standard InChI is InChI=1S/C26H33ClN4O3/c1-5-15-33-22-12-9-20(17-23(22)34-16-6-2)18(3)29-26(32)30-24(25-28-13-14-31(25)4)19-7-10-21(27)11-8-19/h7-14,17-18,24H,5-6,15-16H2,1-4H3,(H2,29,30,32). The van der Waals surface area contributed by atoms with Crippen molar-refractivity contribution in [2.75, 3.05) is 13.2 Å². The van der Waals surface area contributed by atoms with Crippen molar-refractivity contribution in [3.63, 3.8) is 0 Å². The molecule has 7 nitrogen and oxygen atoms in total. The van der Waals surface area contributed by atoms with Crippen LogP contribution in [0.25, 0.3) is 0 Å². The van der Waals surface area contributed by atoms with Gasteiger partial charge in [-0.15, -0.1) is 0 Å². The van der Waals surface area contributed by atoms with Crippen molar-refractivity contribution in [3.8, 4) is 11.5 Å². The molecule has 182 valence electrons. The molecule has 2 N–H and O–H groups in total. The van der Waals surface area contributed by atoms with Crippen LogP contribution in [-0.2, 0) is 7.05 Å². The number of halogens is 1. The maximum Gasteiger partial charge on any atom is 0.316 e. The van der Waals surface area contributed by atoms with Gasteiger partial charge >= 0.3 is 6.03 Å². The molecule has 1 aromatic heterocycles. The minimum atomic E-state index is -0.433. The quantitative estimate of drug-likeness (QED) is 0.360. The number of amides is 2. The van der Waals surface area contributed by atoms with Gasteiger partial charge in [-0.05, 0) is 55.2 Å². The van der Waals surface area contributed by atoms with Crippen LogP contribution in [0.3, 0.4) is 0 Å². The molecule has 3 aromatic rings. The van der Waals surface area contributed by atoms with Crippen LogP contribution in [0.15, 0.2) is 54.9 Å². The number of nitrogens with one attached hydrogen (secondary N) is 2. The smallest absolute Gasteiger partial charge is 0.316 e. The second-order valence-corrected chi connectivity index (χ2v) is 8.56. The Morgan fingerprint density at radius 2 is 1.65 bits per heavy atom. The van der Waals surface area contributed by atoms with Crippen LogP contribution in [0, 0.1) is 0 Å². The summed E-state index contributed by atoms with van der Waals surface area (Å²) in [5, 5.41) is 6.71. The van der Waals surface area contributed by atoms with Crippen molar-refractivity contribution >= 4 is 17.6 Å². The van der Waals surface area contributed by atoms with Crippen LogP contribution in [0.2, 0.25) is 5.02 Å². The zero-order valence-electron chi connectivity index (χ0n) is 20.2. The Bertz CT molecular complexity index is 1070. The molecule has 2 unspecified atom stereocenters. The summed E-state index contributed by atoms with van der Waals surface area (Å²) in [4.78, 5) is 17.4. The van der Waals surface area contributed by atoms with Crippen LogP contribution in [0.4, 0.5) is 4.79 Å². The van der Waals surface area contributed by atoms with E-state index in [9.17, 15) is 4.79 Å². The molecule has 0 saturated carbocycles. The summed E-state index contributed by atoms with van der Waals surface area (Å²) in [6, 6.07) is 12.2. The van der Waals surface area contributed by atoms with Crippen molar-refractivity contribution in [2.24, 2.45) is 7.05 Å². The number of carbonyl (C=O) groups is 1. The number of carbonyl (C=O) groups excluding carboxylic acids is 1. The molecule has 0 radical (unpaired) electrons. The lowest BCUT2D eigenvalue weighted by atomic mass is 10.1. The van der Waals surface area contributed by atoms with Crippen molar-refractivity contribution in [1.29, 1.82) is 0 Å². The van der Waals surface area contributed by atoms with E-state index >= 15 is 0 Å². The average molecular weight is 485 g/mol. The Morgan fingerprint density at radius 3 is 2.26 bits per heavy atom. The predicted molar refractivity (Wildman–Crippen MR) is 135 cm³/mol. The molecule has 0 spiro atoms. The van der Waals surface area contributed by atoms with Crippen LogP contribution in [0.1, 0.15) is 62.6 Å². The Kier molecular flexibility index (Phi) is 9.22. The van der Waals surface area contributed by atoms with Gasteiger partial charge in [-0.1, -0.05) is 43.6 Å². The highest BCUT2D eigenvalue weighted by atomic mass is 35.5. The van der Waals surface area contributed by atoms with E-state index in [0.717, 1.165) is 29.8 Å². The monoisotopic (exact) mass is 484 g/mol. The van der Waals surface area contributed by atoms with E-state index < -0.39 is 6.04 Å². The number of rotatable bonds is 11. The molecule has 0 bridgehead atoms. The third-order valence-corrected chi connectivity index (χ3v) is 5.59. The molecule has 0 saturated heterocycles. The molecule has 2 aromatic carbocycles. The lowest BCUT2D eigenvalue weighted by Gasteiger charge is -2.22. The number of aromatic nitrogens is 2. The van der Waals surface area contributed by atoms with Gasteiger partial charge in [0.15, 0.2) is 11.5 Å². The molecule has 2 amide bonds. The highest BCUT2D eigenvalue weighted by Crippen LogP contribution is 2.31. The van der Waals surface area contributed by atoms with Gasteiger partial charge in [-0.25, -0.2) is 9.78 Å². The molecule has 0 aliphatic rings. The first kappa shape index (κ1) is 25.4. The second kappa shape index (κ2) is 12.3. The minimum Gasteiger partial charge on any atom is -0.490 e. The van der Waals surface area contributed by atoms with Gasteiger partial charge in [0.1, 0.15) is 11.9 Å². The SMILES string of the molecule is CCCOc1ccc(C(C)NC(=O)NC(c2ccc(Cl)cc2)c2nccn2C)cc1OCCC.